The van der Waals surface area contributed by atoms with Crippen molar-refractivity contribution in [2.75, 3.05) is 6.79 Å². The highest BCUT2D eigenvalue weighted by molar-refractivity contribution is 5.45. The van der Waals surface area contributed by atoms with E-state index in [1.807, 2.05) is 54.6 Å². The Labute approximate surface area is 184 Å². The van der Waals surface area contributed by atoms with Crippen LogP contribution in [0.5, 0.6) is 11.5 Å². The largest absolute Gasteiger partial charge is 0.458 e. The summed E-state index contributed by atoms with van der Waals surface area (Å²) < 4.78 is 11.2. The molecule has 0 aliphatic carbocycles. The van der Waals surface area contributed by atoms with Crippen LogP contribution >= 0.6 is 0 Å². The van der Waals surface area contributed by atoms with Gasteiger partial charge in [-0.3, -0.25) is 0 Å². The van der Waals surface area contributed by atoms with Crippen LogP contribution in [0, 0.1) is 11.8 Å². The zero-order valence-corrected chi connectivity index (χ0v) is 17.3. The summed E-state index contributed by atoms with van der Waals surface area (Å²) in [4.78, 5) is 0. The van der Waals surface area contributed by atoms with Crippen LogP contribution in [-0.4, -0.2) is 6.79 Å². The number of para-hydroxylation sites is 1. The van der Waals surface area contributed by atoms with E-state index >= 15 is 0 Å². The van der Waals surface area contributed by atoms with Gasteiger partial charge in [-0.05, 0) is 72.5 Å². The van der Waals surface area contributed by atoms with E-state index in [1.54, 1.807) is 0 Å². The SMILES string of the molecule is C(#Cc1ccc(OCOc2ccccc2)cc1)c1ccc(CCc2ccccc2)cc1. The quantitative estimate of drug-likeness (QED) is 0.266. The molecule has 4 aromatic carbocycles. The van der Waals surface area contributed by atoms with Gasteiger partial charge in [-0.25, -0.2) is 0 Å². The van der Waals surface area contributed by atoms with Crippen LogP contribution in [0.3, 0.4) is 0 Å². The van der Waals surface area contributed by atoms with Crippen LogP contribution in [0.1, 0.15) is 22.3 Å². The molecule has 0 amide bonds. The Morgan fingerprint density at radius 2 is 0.903 bits per heavy atom. The van der Waals surface area contributed by atoms with Crippen molar-refractivity contribution < 1.29 is 9.47 Å². The van der Waals surface area contributed by atoms with Crippen LogP contribution in [0.4, 0.5) is 0 Å². The molecule has 0 aliphatic rings. The molecule has 2 heteroatoms. The van der Waals surface area contributed by atoms with E-state index in [0.29, 0.717) is 0 Å². The van der Waals surface area contributed by atoms with Gasteiger partial charge >= 0.3 is 0 Å². The lowest BCUT2D eigenvalue weighted by atomic mass is 10.0. The van der Waals surface area contributed by atoms with Gasteiger partial charge in [0, 0.05) is 11.1 Å². The summed E-state index contributed by atoms with van der Waals surface area (Å²) in [6.07, 6.45) is 2.09. The highest BCUT2D eigenvalue weighted by Crippen LogP contribution is 2.14. The molecule has 0 aliphatic heterocycles. The van der Waals surface area contributed by atoms with Gasteiger partial charge in [-0.2, -0.15) is 0 Å². The van der Waals surface area contributed by atoms with Crippen molar-refractivity contribution in [1.82, 2.24) is 0 Å². The van der Waals surface area contributed by atoms with Crippen molar-refractivity contribution in [2.45, 2.75) is 12.8 Å². The van der Waals surface area contributed by atoms with E-state index < -0.39 is 0 Å². The minimum atomic E-state index is 0.172. The lowest BCUT2D eigenvalue weighted by molar-refractivity contribution is 0.120. The Kier molecular flexibility index (Phi) is 7.02. The van der Waals surface area contributed by atoms with Crippen LogP contribution < -0.4 is 9.47 Å². The molecule has 152 valence electrons. The highest BCUT2D eigenvalue weighted by atomic mass is 16.7. The second-order valence-electron chi connectivity index (χ2n) is 7.18. The van der Waals surface area contributed by atoms with Gasteiger partial charge in [0.15, 0.2) is 0 Å². The van der Waals surface area contributed by atoms with E-state index in [4.69, 9.17) is 9.47 Å². The standard InChI is InChI=1S/C29H24O2/c1-3-7-24(8-4-1)11-12-25-13-15-26(16-14-25)17-18-27-19-21-29(22-20-27)31-23-30-28-9-5-2-6-10-28/h1-10,13-16,19-22H,11-12,23H2. The van der Waals surface area contributed by atoms with Crippen molar-refractivity contribution in [1.29, 1.82) is 0 Å². The summed E-state index contributed by atoms with van der Waals surface area (Å²) in [6.45, 7) is 0.172. The average Bonchev–Trinajstić information content (AvgIpc) is 2.84. The maximum atomic E-state index is 5.63. The molecule has 31 heavy (non-hydrogen) atoms. The summed E-state index contributed by atoms with van der Waals surface area (Å²) in [5.74, 6) is 7.98. The summed E-state index contributed by atoms with van der Waals surface area (Å²) in [6, 6.07) is 36.4. The molecule has 0 N–H and O–H groups in total. The minimum absolute atomic E-state index is 0.172. The first kappa shape index (κ1) is 20.3. The molecule has 0 unspecified atom stereocenters. The van der Waals surface area contributed by atoms with Crippen molar-refractivity contribution in [3.05, 3.63) is 131 Å². The Balaban J connectivity index is 1.27. The third kappa shape index (κ3) is 6.52. The number of benzene rings is 4. The predicted octanol–water partition coefficient (Wildman–Crippen LogP) is 6.29. The van der Waals surface area contributed by atoms with E-state index in [2.05, 4.69) is 66.4 Å². The molecule has 4 rings (SSSR count). The van der Waals surface area contributed by atoms with E-state index in [0.717, 1.165) is 35.5 Å². The molecule has 0 heterocycles. The lowest BCUT2D eigenvalue weighted by Gasteiger charge is -2.08. The molecule has 2 nitrogen and oxygen atoms in total. The number of rotatable bonds is 7. The molecule has 0 saturated carbocycles. The van der Waals surface area contributed by atoms with Crippen molar-refractivity contribution >= 4 is 0 Å². The van der Waals surface area contributed by atoms with E-state index in [-0.39, 0.29) is 6.79 Å². The molecule has 0 saturated heterocycles. The maximum Gasteiger partial charge on any atom is 0.230 e. The number of aryl methyl sites for hydroxylation is 2. The van der Waals surface area contributed by atoms with Crippen molar-refractivity contribution in [3.63, 3.8) is 0 Å². The summed E-state index contributed by atoms with van der Waals surface area (Å²) in [7, 11) is 0. The summed E-state index contributed by atoms with van der Waals surface area (Å²) in [5, 5.41) is 0. The predicted molar refractivity (Wildman–Crippen MR) is 125 cm³/mol. The second kappa shape index (κ2) is 10.7. The minimum Gasteiger partial charge on any atom is -0.458 e. The molecule has 0 fully saturated rings. The maximum absolute atomic E-state index is 5.63. The number of ether oxygens (including phenoxy) is 2. The first-order valence-electron chi connectivity index (χ1n) is 10.4. The fraction of sp³-hybridized carbons (Fsp3) is 0.103. The zero-order valence-electron chi connectivity index (χ0n) is 17.3. The van der Waals surface area contributed by atoms with Crippen LogP contribution in [0.15, 0.2) is 109 Å². The first-order chi connectivity index (χ1) is 15.3. The van der Waals surface area contributed by atoms with Gasteiger partial charge < -0.3 is 9.47 Å². The smallest absolute Gasteiger partial charge is 0.230 e. The zero-order chi connectivity index (χ0) is 21.1. The van der Waals surface area contributed by atoms with Crippen LogP contribution in [-0.2, 0) is 12.8 Å². The van der Waals surface area contributed by atoms with Crippen molar-refractivity contribution in [3.8, 4) is 23.3 Å². The molecule has 4 aromatic rings. The second-order valence-corrected chi connectivity index (χ2v) is 7.18. The summed E-state index contributed by atoms with van der Waals surface area (Å²) >= 11 is 0. The molecule has 0 bridgehead atoms. The monoisotopic (exact) mass is 404 g/mol. The van der Waals surface area contributed by atoms with Crippen LogP contribution in [0.25, 0.3) is 0 Å². The third-order valence-corrected chi connectivity index (χ3v) is 4.90. The van der Waals surface area contributed by atoms with E-state index in [1.165, 1.54) is 11.1 Å². The normalized spacial score (nSPS) is 10.1. The molecule has 0 radical (unpaired) electrons. The Morgan fingerprint density at radius 1 is 0.452 bits per heavy atom. The molecule has 0 aromatic heterocycles. The van der Waals surface area contributed by atoms with Gasteiger partial charge in [0.25, 0.3) is 0 Å². The third-order valence-electron chi connectivity index (χ3n) is 4.90. The van der Waals surface area contributed by atoms with Gasteiger partial charge in [0.2, 0.25) is 6.79 Å². The van der Waals surface area contributed by atoms with Gasteiger partial charge in [0.1, 0.15) is 11.5 Å². The molecule has 0 spiro atoms. The Bertz CT molecular complexity index is 1120. The highest BCUT2D eigenvalue weighted by Gasteiger charge is 1.97. The van der Waals surface area contributed by atoms with E-state index in [9.17, 15) is 0 Å². The van der Waals surface area contributed by atoms with Crippen molar-refractivity contribution in [2.24, 2.45) is 0 Å². The first-order valence-corrected chi connectivity index (χ1v) is 10.4. The fourth-order valence-electron chi connectivity index (χ4n) is 3.15. The van der Waals surface area contributed by atoms with Gasteiger partial charge in [-0.15, -0.1) is 0 Å². The lowest BCUT2D eigenvalue weighted by Crippen LogP contribution is -2.05. The average molecular weight is 405 g/mol. The van der Waals surface area contributed by atoms with Gasteiger partial charge in [0.05, 0.1) is 0 Å². The molecular weight excluding hydrogens is 380 g/mol. The topological polar surface area (TPSA) is 18.5 Å². The summed E-state index contributed by atoms with van der Waals surface area (Å²) in [5.41, 5.74) is 4.66. The van der Waals surface area contributed by atoms with Gasteiger partial charge in [-0.1, -0.05) is 72.5 Å². The number of hydrogen-bond donors (Lipinski definition) is 0. The van der Waals surface area contributed by atoms with Crippen LogP contribution in [0.2, 0.25) is 0 Å². The number of hydrogen-bond acceptors (Lipinski definition) is 2. The molecular formula is C29H24O2. The fourth-order valence-corrected chi connectivity index (χ4v) is 3.15. The Morgan fingerprint density at radius 3 is 1.48 bits per heavy atom. The molecule has 0 atom stereocenters. The Hall–Kier alpha value is -3.96.